The molecule has 106 valence electrons. The number of carbonyl (C=O) groups is 2. The van der Waals surface area contributed by atoms with Crippen molar-refractivity contribution < 1.29 is 14.3 Å². The van der Waals surface area contributed by atoms with Crippen LogP contribution in [0.2, 0.25) is 0 Å². The summed E-state index contributed by atoms with van der Waals surface area (Å²) in [6.07, 6.45) is 5.77. The molecule has 0 heterocycles. The summed E-state index contributed by atoms with van der Waals surface area (Å²) in [5.74, 6) is 0.346. The number of esters is 1. The molecule has 1 spiro atoms. The molecule has 1 aromatic rings. The highest BCUT2D eigenvalue weighted by molar-refractivity contribution is 5.90. The minimum atomic E-state index is -0.280. The highest BCUT2D eigenvalue weighted by atomic mass is 16.5. The molecule has 3 nitrogen and oxygen atoms in total. The Labute approximate surface area is 119 Å². The topological polar surface area (TPSA) is 43.4 Å². The summed E-state index contributed by atoms with van der Waals surface area (Å²) >= 11 is 0. The van der Waals surface area contributed by atoms with E-state index in [1.165, 1.54) is 0 Å². The van der Waals surface area contributed by atoms with Gasteiger partial charge < -0.3 is 4.74 Å². The molecule has 3 rings (SSSR count). The summed E-state index contributed by atoms with van der Waals surface area (Å²) in [6, 6.07) is 9.04. The molecule has 2 aliphatic rings. The average molecular weight is 272 g/mol. The Kier molecular flexibility index (Phi) is 3.60. The first-order chi connectivity index (χ1) is 9.72. The van der Waals surface area contributed by atoms with Gasteiger partial charge in [-0.25, -0.2) is 4.79 Å². The van der Waals surface area contributed by atoms with Crippen LogP contribution in [0.3, 0.4) is 0 Å². The van der Waals surface area contributed by atoms with Crippen LogP contribution in [0.5, 0.6) is 0 Å². The number of rotatable bonds is 3. The van der Waals surface area contributed by atoms with E-state index in [1.54, 1.807) is 12.1 Å². The van der Waals surface area contributed by atoms with E-state index in [-0.39, 0.29) is 17.3 Å². The molecule has 1 atom stereocenters. The van der Waals surface area contributed by atoms with Gasteiger partial charge in [0.15, 0.2) is 0 Å². The van der Waals surface area contributed by atoms with Gasteiger partial charge in [-0.3, -0.25) is 4.79 Å². The molecule has 0 saturated heterocycles. The van der Waals surface area contributed by atoms with Crippen LogP contribution in [0.25, 0.3) is 0 Å². The van der Waals surface area contributed by atoms with Crippen LogP contribution in [-0.2, 0) is 9.53 Å². The molecular weight excluding hydrogens is 252 g/mol. The lowest BCUT2D eigenvalue weighted by atomic mass is 9.76. The molecule has 1 aromatic carbocycles. The summed E-state index contributed by atoms with van der Waals surface area (Å²) < 4.78 is 5.46. The van der Waals surface area contributed by atoms with Crippen molar-refractivity contribution in [2.75, 3.05) is 6.61 Å². The number of hydrogen-bond donors (Lipinski definition) is 0. The lowest BCUT2D eigenvalue weighted by Gasteiger charge is -2.29. The van der Waals surface area contributed by atoms with Gasteiger partial charge in [-0.05, 0) is 31.4 Å². The van der Waals surface area contributed by atoms with E-state index in [2.05, 4.69) is 0 Å². The van der Waals surface area contributed by atoms with E-state index < -0.39 is 0 Å². The van der Waals surface area contributed by atoms with Crippen molar-refractivity contribution in [1.82, 2.24) is 0 Å². The fourth-order valence-corrected chi connectivity index (χ4v) is 3.83. The number of hydrogen-bond acceptors (Lipinski definition) is 3. The predicted octanol–water partition coefficient (Wildman–Crippen LogP) is 3.38. The predicted molar refractivity (Wildman–Crippen MR) is 75.4 cm³/mol. The third-order valence-electron chi connectivity index (χ3n) is 4.98. The van der Waals surface area contributed by atoms with Gasteiger partial charge in [0.2, 0.25) is 0 Å². The van der Waals surface area contributed by atoms with Crippen molar-refractivity contribution in [1.29, 1.82) is 0 Å². The SMILES string of the molecule is O=C(OCC1CCC(=O)C12CCCC2)c1ccccc1. The molecule has 0 aliphatic heterocycles. The second kappa shape index (κ2) is 5.39. The van der Waals surface area contributed by atoms with Crippen molar-refractivity contribution >= 4 is 11.8 Å². The molecule has 2 aliphatic carbocycles. The van der Waals surface area contributed by atoms with Crippen LogP contribution in [0.1, 0.15) is 48.9 Å². The quantitative estimate of drug-likeness (QED) is 0.792. The van der Waals surface area contributed by atoms with Crippen molar-refractivity contribution in [2.24, 2.45) is 11.3 Å². The summed E-state index contributed by atoms with van der Waals surface area (Å²) in [7, 11) is 0. The maximum absolute atomic E-state index is 12.2. The molecule has 0 amide bonds. The Balaban J connectivity index is 1.64. The Morgan fingerprint density at radius 1 is 1.20 bits per heavy atom. The van der Waals surface area contributed by atoms with Crippen molar-refractivity contribution in [3.8, 4) is 0 Å². The summed E-state index contributed by atoms with van der Waals surface area (Å²) in [4.78, 5) is 24.2. The van der Waals surface area contributed by atoms with Gasteiger partial charge >= 0.3 is 5.97 Å². The molecule has 0 N–H and O–H groups in total. The number of ether oxygens (including phenoxy) is 1. The van der Waals surface area contributed by atoms with E-state index in [9.17, 15) is 9.59 Å². The van der Waals surface area contributed by atoms with Gasteiger partial charge in [0.1, 0.15) is 5.78 Å². The second-order valence-corrected chi connectivity index (χ2v) is 5.99. The van der Waals surface area contributed by atoms with Crippen molar-refractivity contribution in [3.63, 3.8) is 0 Å². The lowest BCUT2D eigenvalue weighted by Crippen LogP contribution is -2.32. The molecule has 20 heavy (non-hydrogen) atoms. The molecule has 2 fully saturated rings. The summed E-state index contributed by atoms with van der Waals surface area (Å²) in [6.45, 7) is 0.388. The van der Waals surface area contributed by atoms with Gasteiger partial charge in [0.05, 0.1) is 12.2 Å². The third-order valence-corrected chi connectivity index (χ3v) is 4.98. The van der Waals surface area contributed by atoms with Gasteiger partial charge in [-0.15, -0.1) is 0 Å². The van der Waals surface area contributed by atoms with E-state index in [0.717, 1.165) is 32.1 Å². The number of Topliss-reactive ketones (excluding diaryl/α,β-unsaturated/α-hetero) is 1. The normalized spacial score (nSPS) is 24.2. The molecule has 3 heteroatoms. The minimum absolute atomic E-state index is 0.170. The summed E-state index contributed by atoms with van der Waals surface area (Å²) in [5.41, 5.74) is 0.411. The van der Waals surface area contributed by atoms with Crippen molar-refractivity contribution in [3.05, 3.63) is 35.9 Å². The first-order valence-electron chi connectivity index (χ1n) is 7.48. The molecular formula is C17H20O3. The Morgan fingerprint density at radius 2 is 1.90 bits per heavy atom. The Morgan fingerprint density at radius 3 is 2.60 bits per heavy atom. The van der Waals surface area contributed by atoms with Crippen LogP contribution in [0.4, 0.5) is 0 Å². The second-order valence-electron chi connectivity index (χ2n) is 5.99. The van der Waals surface area contributed by atoms with Crippen LogP contribution in [0.15, 0.2) is 30.3 Å². The van der Waals surface area contributed by atoms with Gasteiger partial charge in [0.25, 0.3) is 0 Å². The zero-order valence-corrected chi connectivity index (χ0v) is 11.6. The first-order valence-corrected chi connectivity index (χ1v) is 7.48. The highest BCUT2D eigenvalue weighted by Gasteiger charge is 2.51. The molecule has 2 saturated carbocycles. The number of carbonyl (C=O) groups excluding carboxylic acids is 2. The van der Waals surface area contributed by atoms with Gasteiger partial charge in [-0.2, -0.15) is 0 Å². The van der Waals surface area contributed by atoms with E-state index in [1.807, 2.05) is 18.2 Å². The summed E-state index contributed by atoms with van der Waals surface area (Å²) in [5, 5.41) is 0. The smallest absolute Gasteiger partial charge is 0.338 e. The van der Waals surface area contributed by atoms with Crippen LogP contribution in [0, 0.1) is 11.3 Å². The molecule has 0 aromatic heterocycles. The third kappa shape index (κ3) is 2.26. The average Bonchev–Trinajstić information content (AvgIpc) is 3.08. The Hall–Kier alpha value is -1.64. The van der Waals surface area contributed by atoms with Crippen LogP contribution >= 0.6 is 0 Å². The fraction of sp³-hybridized carbons (Fsp3) is 0.529. The van der Waals surface area contributed by atoms with E-state index in [4.69, 9.17) is 4.74 Å². The number of benzene rings is 1. The molecule has 0 radical (unpaired) electrons. The monoisotopic (exact) mass is 272 g/mol. The largest absolute Gasteiger partial charge is 0.462 e. The maximum atomic E-state index is 12.2. The standard InChI is InChI=1S/C17H20O3/c18-15-9-8-14(17(15)10-4-5-11-17)12-20-16(19)13-6-2-1-3-7-13/h1-3,6-7,14H,4-5,8-12H2. The number of ketones is 1. The zero-order chi connectivity index (χ0) is 14.0. The van der Waals surface area contributed by atoms with E-state index in [0.29, 0.717) is 24.4 Å². The van der Waals surface area contributed by atoms with Crippen molar-refractivity contribution in [2.45, 2.75) is 38.5 Å². The lowest BCUT2D eigenvalue weighted by molar-refractivity contribution is -0.127. The molecule has 0 bridgehead atoms. The van der Waals surface area contributed by atoms with Crippen LogP contribution in [-0.4, -0.2) is 18.4 Å². The van der Waals surface area contributed by atoms with Crippen LogP contribution < -0.4 is 0 Å². The van der Waals surface area contributed by atoms with Gasteiger partial charge in [0, 0.05) is 17.8 Å². The fourth-order valence-electron chi connectivity index (χ4n) is 3.83. The van der Waals surface area contributed by atoms with E-state index >= 15 is 0 Å². The maximum Gasteiger partial charge on any atom is 0.338 e. The molecule has 1 unspecified atom stereocenters. The zero-order valence-electron chi connectivity index (χ0n) is 11.6. The Bertz CT molecular complexity index is 500. The minimum Gasteiger partial charge on any atom is -0.462 e. The first kappa shape index (κ1) is 13.3. The van der Waals surface area contributed by atoms with Gasteiger partial charge in [-0.1, -0.05) is 31.0 Å². The highest BCUT2D eigenvalue weighted by Crippen LogP contribution is 2.52.